The molecule has 0 unspecified atom stereocenters. The predicted molar refractivity (Wildman–Crippen MR) is 92.7 cm³/mol. The molecule has 0 radical (unpaired) electrons. The number of hydrogen-bond donors (Lipinski definition) is 3. The van der Waals surface area contributed by atoms with E-state index in [1.54, 1.807) is 6.07 Å². The van der Waals surface area contributed by atoms with E-state index in [0.29, 0.717) is 0 Å². The molecule has 4 N–H and O–H groups in total. The lowest BCUT2D eigenvalue weighted by Crippen LogP contribution is -2.16. The fourth-order valence-electron chi connectivity index (χ4n) is 2.68. The van der Waals surface area contributed by atoms with Crippen LogP contribution in [0.15, 0.2) is 36.4 Å². The quantitative estimate of drug-likeness (QED) is 0.705. The first-order valence-electron chi connectivity index (χ1n) is 6.66. The molecule has 1 aliphatic rings. The molecule has 0 saturated heterocycles. The van der Waals surface area contributed by atoms with Crippen molar-refractivity contribution in [2.45, 2.75) is 12.8 Å². The number of hydrogen-bond acceptors (Lipinski definition) is 3. The summed E-state index contributed by atoms with van der Waals surface area (Å²) in [6.07, 6.45) is 2.02. The molecule has 2 aromatic carbocycles. The first-order chi connectivity index (χ1) is 9.25. The minimum Gasteiger partial charge on any atom is -0.507 e. The van der Waals surface area contributed by atoms with E-state index < -0.39 is 0 Å². The second-order valence-corrected chi connectivity index (χ2v) is 4.98. The van der Waals surface area contributed by atoms with Crippen molar-refractivity contribution in [2.24, 2.45) is 0 Å². The summed E-state index contributed by atoms with van der Waals surface area (Å²) in [4.78, 5) is 0. The van der Waals surface area contributed by atoms with Gasteiger partial charge in [-0.15, -0.1) is 24.8 Å². The molecule has 1 aliphatic heterocycles. The number of benzene rings is 2. The Balaban J connectivity index is 0.00000110. The van der Waals surface area contributed by atoms with Crippen molar-refractivity contribution < 1.29 is 5.11 Å². The van der Waals surface area contributed by atoms with Gasteiger partial charge in [-0.2, -0.15) is 0 Å². The third-order valence-electron chi connectivity index (χ3n) is 3.71. The highest BCUT2D eigenvalue weighted by molar-refractivity contribution is 5.85. The van der Waals surface area contributed by atoms with E-state index in [1.807, 2.05) is 18.2 Å². The molecule has 0 atom stereocenters. The summed E-state index contributed by atoms with van der Waals surface area (Å²) in [7, 11) is 0. The minimum atomic E-state index is 0. The minimum absolute atomic E-state index is 0. The Kier molecular flexibility index (Phi) is 6.34. The van der Waals surface area contributed by atoms with E-state index in [0.717, 1.165) is 42.7 Å². The lowest BCUT2D eigenvalue weighted by molar-refractivity contribution is 0.477. The van der Waals surface area contributed by atoms with Crippen molar-refractivity contribution in [3.05, 3.63) is 47.5 Å². The number of phenols is 1. The number of halogens is 2. The Labute approximate surface area is 137 Å². The third kappa shape index (κ3) is 3.62. The van der Waals surface area contributed by atoms with Crippen LogP contribution in [0.5, 0.6) is 5.75 Å². The van der Waals surface area contributed by atoms with E-state index in [-0.39, 0.29) is 30.6 Å². The molecule has 0 aliphatic carbocycles. The molecule has 0 bridgehead atoms. The topological polar surface area (TPSA) is 58.3 Å². The van der Waals surface area contributed by atoms with E-state index >= 15 is 0 Å². The van der Waals surface area contributed by atoms with Gasteiger partial charge < -0.3 is 16.2 Å². The Hall–Kier alpha value is -1.42. The van der Waals surface area contributed by atoms with E-state index in [9.17, 15) is 5.11 Å². The van der Waals surface area contributed by atoms with Gasteiger partial charge in [0, 0.05) is 16.8 Å². The number of nitrogen functional groups attached to an aromatic ring is 1. The Morgan fingerprint density at radius 1 is 0.905 bits per heavy atom. The zero-order valence-electron chi connectivity index (χ0n) is 11.6. The average Bonchev–Trinajstić information content (AvgIpc) is 2.63. The van der Waals surface area contributed by atoms with Crippen LogP contribution in [0.2, 0.25) is 0 Å². The number of nitrogens with two attached hydrogens (primary N) is 1. The maximum atomic E-state index is 9.98. The van der Waals surface area contributed by atoms with Crippen LogP contribution in [-0.2, 0) is 12.8 Å². The molecule has 0 spiro atoms. The molecule has 3 rings (SSSR count). The highest BCUT2D eigenvalue weighted by Gasteiger charge is 2.13. The summed E-state index contributed by atoms with van der Waals surface area (Å²) in [5, 5.41) is 13.4. The SMILES string of the molecule is Cl.Cl.Nc1cc2c(cc1-c1ccccc1O)CCNCC2. The van der Waals surface area contributed by atoms with Gasteiger partial charge in [0.15, 0.2) is 0 Å². The van der Waals surface area contributed by atoms with Gasteiger partial charge in [-0.25, -0.2) is 0 Å². The highest BCUT2D eigenvalue weighted by Crippen LogP contribution is 2.35. The zero-order chi connectivity index (χ0) is 13.2. The van der Waals surface area contributed by atoms with E-state index in [1.165, 1.54) is 11.1 Å². The number of rotatable bonds is 1. The smallest absolute Gasteiger partial charge is 0.123 e. The molecule has 5 heteroatoms. The van der Waals surface area contributed by atoms with Gasteiger partial charge in [0.05, 0.1) is 0 Å². The molecule has 0 amide bonds. The van der Waals surface area contributed by atoms with Crippen molar-refractivity contribution in [1.29, 1.82) is 0 Å². The third-order valence-corrected chi connectivity index (χ3v) is 3.71. The van der Waals surface area contributed by atoms with Gasteiger partial charge in [0.2, 0.25) is 0 Å². The summed E-state index contributed by atoms with van der Waals surface area (Å²) in [6, 6.07) is 11.5. The second kappa shape index (κ2) is 7.55. The van der Waals surface area contributed by atoms with Crippen LogP contribution in [0.1, 0.15) is 11.1 Å². The summed E-state index contributed by atoms with van der Waals surface area (Å²) in [5.74, 6) is 0.279. The number of phenolic OH excluding ortho intramolecular Hbond substituents is 1. The van der Waals surface area contributed by atoms with Crippen LogP contribution >= 0.6 is 24.8 Å². The van der Waals surface area contributed by atoms with Crippen molar-refractivity contribution in [3.63, 3.8) is 0 Å². The first-order valence-corrected chi connectivity index (χ1v) is 6.66. The molecular formula is C16H20Cl2N2O. The first kappa shape index (κ1) is 17.6. The maximum absolute atomic E-state index is 9.98. The molecule has 114 valence electrons. The lowest BCUT2D eigenvalue weighted by atomic mass is 9.94. The number of fused-ring (bicyclic) bond motifs is 1. The van der Waals surface area contributed by atoms with Crippen LogP contribution in [0.25, 0.3) is 11.1 Å². The molecule has 3 nitrogen and oxygen atoms in total. The summed E-state index contributed by atoms with van der Waals surface area (Å²) in [6.45, 7) is 2.00. The van der Waals surface area contributed by atoms with Gasteiger partial charge >= 0.3 is 0 Å². The lowest BCUT2D eigenvalue weighted by Gasteiger charge is -2.13. The number of nitrogens with one attached hydrogen (secondary N) is 1. The van der Waals surface area contributed by atoms with Gasteiger partial charge in [0.1, 0.15) is 5.75 Å². The monoisotopic (exact) mass is 326 g/mol. The molecule has 0 fully saturated rings. The Bertz CT molecular complexity index is 617. The highest BCUT2D eigenvalue weighted by atomic mass is 35.5. The Morgan fingerprint density at radius 2 is 1.52 bits per heavy atom. The molecule has 0 saturated carbocycles. The second-order valence-electron chi connectivity index (χ2n) is 4.98. The number of para-hydroxylation sites is 1. The predicted octanol–water partition coefficient (Wildman–Crippen LogP) is 3.17. The summed E-state index contributed by atoms with van der Waals surface area (Å²) in [5.41, 5.74) is 11.3. The Morgan fingerprint density at radius 3 is 2.19 bits per heavy atom. The fraction of sp³-hybridized carbons (Fsp3) is 0.250. The maximum Gasteiger partial charge on any atom is 0.123 e. The summed E-state index contributed by atoms with van der Waals surface area (Å²) < 4.78 is 0. The normalized spacial score (nSPS) is 13.3. The average molecular weight is 327 g/mol. The fourth-order valence-corrected chi connectivity index (χ4v) is 2.68. The zero-order valence-corrected chi connectivity index (χ0v) is 13.3. The van der Waals surface area contributed by atoms with Gasteiger partial charge in [-0.3, -0.25) is 0 Å². The van der Waals surface area contributed by atoms with Gasteiger partial charge in [-0.1, -0.05) is 18.2 Å². The van der Waals surface area contributed by atoms with Crippen LogP contribution < -0.4 is 11.1 Å². The molecule has 0 aromatic heterocycles. The van der Waals surface area contributed by atoms with E-state index in [2.05, 4.69) is 17.4 Å². The molecule has 1 heterocycles. The van der Waals surface area contributed by atoms with Crippen molar-refractivity contribution in [1.82, 2.24) is 5.32 Å². The van der Waals surface area contributed by atoms with Crippen LogP contribution in [0.3, 0.4) is 0 Å². The van der Waals surface area contributed by atoms with Crippen LogP contribution in [0.4, 0.5) is 5.69 Å². The van der Waals surface area contributed by atoms with Crippen LogP contribution in [-0.4, -0.2) is 18.2 Å². The van der Waals surface area contributed by atoms with Gasteiger partial charge in [0.25, 0.3) is 0 Å². The van der Waals surface area contributed by atoms with Crippen molar-refractivity contribution in [3.8, 4) is 16.9 Å². The van der Waals surface area contributed by atoms with Gasteiger partial charge in [-0.05, 0) is 55.3 Å². The molecular weight excluding hydrogens is 307 g/mol. The van der Waals surface area contributed by atoms with Crippen molar-refractivity contribution >= 4 is 30.5 Å². The van der Waals surface area contributed by atoms with Crippen molar-refractivity contribution in [2.75, 3.05) is 18.8 Å². The molecule has 21 heavy (non-hydrogen) atoms. The number of aromatic hydroxyl groups is 1. The standard InChI is InChI=1S/C16H18N2O.2ClH/c17-15-10-12-6-8-18-7-5-11(12)9-14(15)13-3-1-2-4-16(13)19;;/h1-4,9-10,18-19H,5-8,17H2;2*1H. The number of anilines is 1. The molecule has 2 aromatic rings. The summed E-state index contributed by atoms with van der Waals surface area (Å²) >= 11 is 0. The van der Waals surface area contributed by atoms with Crippen LogP contribution in [0, 0.1) is 0 Å². The van der Waals surface area contributed by atoms with E-state index in [4.69, 9.17) is 5.73 Å². The largest absolute Gasteiger partial charge is 0.507 e.